The molecule has 0 bridgehead atoms. The molecule has 1 fully saturated rings. The lowest BCUT2D eigenvalue weighted by Crippen LogP contribution is -2.47. The Hall–Kier alpha value is -1.34. The molecule has 0 radical (unpaired) electrons. The van der Waals surface area contributed by atoms with Crippen LogP contribution in [0.15, 0.2) is 18.2 Å². The molecule has 1 aromatic rings. The van der Waals surface area contributed by atoms with Crippen LogP contribution in [0.1, 0.15) is 31.4 Å². The third-order valence-corrected chi connectivity index (χ3v) is 4.94. The van der Waals surface area contributed by atoms with Gasteiger partial charge in [0, 0.05) is 17.9 Å². The van der Waals surface area contributed by atoms with Crippen LogP contribution < -0.4 is 10.6 Å². The van der Waals surface area contributed by atoms with E-state index in [-0.39, 0.29) is 12.1 Å². The second kappa shape index (κ2) is 7.28. The number of carbonyl (C=O) groups excluding carboxylic acids is 1. The Balaban J connectivity index is 1.94. The minimum Gasteiger partial charge on any atom is -0.387 e. The maximum absolute atomic E-state index is 13.8. The van der Waals surface area contributed by atoms with E-state index in [1.807, 2.05) is 0 Å². The smallest absolute Gasteiger partial charge is 0.315 e. The molecule has 3 N–H and O–H groups in total. The van der Waals surface area contributed by atoms with Gasteiger partial charge < -0.3 is 15.7 Å². The van der Waals surface area contributed by atoms with Crippen molar-refractivity contribution < 1.29 is 18.7 Å². The van der Waals surface area contributed by atoms with Crippen LogP contribution in [0.4, 0.5) is 13.6 Å². The van der Waals surface area contributed by atoms with Gasteiger partial charge in [0.15, 0.2) is 0 Å². The summed E-state index contributed by atoms with van der Waals surface area (Å²) < 4.78 is 27.0. The normalized spacial score (nSPS) is 22.4. The average molecular weight is 330 g/mol. The quantitative estimate of drug-likeness (QED) is 0.778. The molecule has 4 nitrogen and oxygen atoms in total. The molecule has 1 saturated heterocycles. The van der Waals surface area contributed by atoms with Gasteiger partial charge in [-0.3, -0.25) is 0 Å². The summed E-state index contributed by atoms with van der Waals surface area (Å²) in [5, 5.41) is 15.4. The van der Waals surface area contributed by atoms with Crippen LogP contribution in [0.3, 0.4) is 0 Å². The molecule has 2 amide bonds. The van der Waals surface area contributed by atoms with Crippen molar-refractivity contribution in [2.24, 2.45) is 0 Å². The Labute approximate surface area is 132 Å². The van der Waals surface area contributed by atoms with Crippen molar-refractivity contribution >= 4 is 17.8 Å². The Morgan fingerprint density at radius 2 is 2.27 bits per heavy atom. The van der Waals surface area contributed by atoms with E-state index < -0.39 is 29.3 Å². The van der Waals surface area contributed by atoms with Crippen molar-refractivity contribution in [1.82, 2.24) is 10.6 Å². The summed E-state index contributed by atoms with van der Waals surface area (Å²) in [5.41, 5.74) is -0.763. The third kappa shape index (κ3) is 4.33. The predicted octanol–water partition coefficient (Wildman–Crippen LogP) is 2.58. The second-order valence-corrected chi connectivity index (χ2v) is 6.59. The number of urea groups is 1. The average Bonchev–Trinajstić information content (AvgIpc) is 2.93. The molecule has 1 aliphatic heterocycles. The minimum atomic E-state index is -0.881. The van der Waals surface area contributed by atoms with E-state index in [0.717, 1.165) is 24.0 Å². The van der Waals surface area contributed by atoms with Gasteiger partial charge >= 0.3 is 6.03 Å². The van der Waals surface area contributed by atoms with Gasteiger partial charge in [0.25, 0.3) is 0 Å². The topological polar surface area (TPSA) is 61.4 Å². The Bertz CT molecular complexity index is 536. The minimum absolute atomic E-state index is 0.118. The van der Waals surface area contributed by atoms with E-state index in [4.69, 9.17) is 0 Å². The van der Waals surface area contributed by atoms with Crippen LogP contribution >= 0.6 is 11.8 Å². The monoisotopic (exact) mass is 330 g/mol. The molecule has 1 heterocycles. The lowest BCUT2D eigenvalue weighted by atomic mass is 10.0. The van der Waals surface area contributed by atoms with E-state index in [2.05, 4.69) is 10.6 Å². The highest BCUT2D eigenvalue weighted by atomic mass is 32.2. The van der Waals surface area contributed by atoms with Gasteiger partial charge in [-0.2, -0.15) is 11.8 Å². The molecule has 1 aliphatic rings. The number of hydrogen-bond acceptors (Lipinski definition) is 3. The lowest BCUT2D eigenvalue weighted by Gasteiger charge is -2.23. The summed E-state index contributed by atoms with van der Waals surface area (Å²) in [4.78, 5) is 11.9. The van der Waals surface area contributed by atoms with Crippen molar-refractivity contribution in [3.05, 3.63) is 35.4 Å². The zero-order chi connectivity index (χ0) is 16.2. The molecule has 7 heteroatoms. The molecule has 0 aliphatic carbocycles. The molecule has 0 spiro atoms. The summed E-state index contributed by atoms with van der Waals surface area (Å²) in [7, 11) is 0. The van der Waals surface area contributed by atoms with Crippen LogP contribution in [-0.4, -0.2) is 34.8 Å². The van der Waals surface area contributed by atoms with Gasteiger partial charge in [-0.25, -0.2) is 13.6 Å². The molecule has 0 aromatic heterocycles. The summed E-state index contributed by atoms with van der Waals surface area (Å²) in [5.74, 6) is 0.350. The number of carbonyl (C=O) groups is 1. The first kappa shape index (κ1) is 17.0. The summed E-state index contributed by atoms with van der Waals surface area (Å²) in [6, 6.07) is 2.05. The van der Waals surface area contributed by atoms with Crippen LogP contribution in [0.2, 0.25) is 0 Å². The summed E-state index contributed by atoms with van der Waals surface area (Å²) in [6.07, 6.45) is 1.06. The van der Waals surface area contributed by atoms with Gasteiger partial charge in [0.2, 0.25) is 0 Å². The van der Waals surface area contributed by atoms with Gasteiger partial charge in [-0.15, -0.1) is 0 Å². The molecule has 22 heavy (non-hydrogen) atoms. The molecular formula is C15H20F2N2O2S. The second-order valence-electron chi connectivity index (χ2n) is 5.48. The number of amides is 2. The molecule has 0 saturated carbocycles. The molecular weight excluding hydrogens is 310 g/mol. The Morgan fingerprint density at radius 1 is 1.50 bits per heavy atom. The SMILES string of the molecule is CC[C@@H](NC(=O)NC[C@@]1(O)CCSC1)c1cc(F)ccc1F. The van der Waals surface area contributed by atoms with E-state index in [1.165, 1.54) is 0 Å². The number of nitrogens with one attached hydrogen (secondary N) is 2. The first-order valence-electron chi connectivity index (χ1n) is 7.23. The molecule has 0 unspecified atom stereocenters. The Morgan fingerprint density at radius 3 is 2.91 bits per heavy atom. The van der Waals surface area contributed by atoms with Gasteiger partial charge in [0.05, 0.1) is 11.6 Å². The van der Waals surface area contributed by atoms with Crippen LogP contribution in [-0.2, 0) is 0 Å². The number of aliphatic hydroxyl groups is 1. The van der Waals surface area contributed by atoms with Gasteiger partial charge in [0.1, 0.15) is 11.6 Å². The van der Waals surface area contributed by atoms with E-state index in [0.29, 0.717) is 18.6 Å². The fourth-order valence-corrected chi connectivity index (χ4v) is 3.67. The first-order chi connectivity index (χ1) is 10.4. The number of benzene rings is 1. The molecule has 2 atom stereocenters. The number of thioether (sulfide) groups is 1. The third-order valence-electron chi connectivity index (χ3n) is 3.71. The molecule has 2 rings (SSSR count). The van der Waals surface area contributed by atoms with Gasteiger partial charge in [-0.1, -0.05) is 6.92 Å². The predicted molar refractivity (Wildman–Crippen MR) is 82.8 cm³/mol. The standard InChI is InChI=1S/C15H20F2N2O2S/c1-2-13(11-7-10(16)3-4-12(11)17)19-14(20)18-8-15(21)5-6-22-9-15/h3-4,7,13,21H,2,5-6,8-9H2,1H3,(H2,18,19,20)/t13-,15+/m1/s1. The lowest BCUT2D eigenvalue weighted by molar-refractivity contribution is 0.0698. The largest absolute Gasteiger partial charge is 0.387 e. The first-order valence-corrected chi connectivity index (χ1v) is 8.38. The van der Waals surface area contributed by atoms with Crippen LogP contribution in [0.25, 0.3) is 0 Å². The fraction of sp³-hybridized carbons (Fsp3) is 0.533. The van der Waals surface area contributed by atoms with Crippen molar-refractivity contribution in [3.63, 3.8) is 0 Å². The highest BCUT2D eigenvalue weighted by molar-refractivity contribution is 7.99. The highest BCUT2D eigenvalue weighted by Crippen LogP contribution is 2.27. The van der Waals surface area contributed by atoms with Crippen molar-refractivity contribution in [3.8, 4) is 0 Å². The molecule has 122 valence electrons. The van der Waals surface area contributed by atoms with Crippen molar-refractivity contribution in [1.29, 1.82) is 0 Å². The summed E-state index contributed by atoms with van der Waals surface area (Å²) >= 11 is 1.64. The summed E-state index contributed by atoms with van der Waals surface area (Å²) in [6.45, 7) is 1.92. The maximum atomic E-state index is 13.8. The van der Waals surface area contributed by atoms with Crippen LogP contribution in [0.5, 0.6) is 0 Å². The number of rotatable bonds is 5. The van der Waals surface area contributed by atoms with E-state index in [9.17, 15) is 18.7 Å². The van der Waals surface area contributed by atoms with E-state index in [1.54, 1.807) is 18.7 Å². The fourth-order valence-electron chi connectivity index (χ4n) is 2.37. The van der Waals surface area contributed by atoms with E-state index >= 15 is 0 Å². The zero-order valence-electron chi connectivity index (χ0n) is 12.4. The van der Waals surface area contributed by atoms with Gasteiger partial charge in [-0.05, 0) is 36.8 Å². The Kier molecular flexibility index (Phi) is 5.63. The zero-order valence-corrected chi connectivity index (χ0v) is 13.2. The maximum Gasteiger partial charge on any atom is 0.315 e. The highest BCUT2D eigenvalue weighted by Gasteiger charge is 2.32. The van der Waals surface area contributed by atoms with Crippen molar-refractivity contribution in [2.45, 2.75) is 31.4 Å². The number of halogens is 2. The van der Waals surface area contributed by atoms with Crippen molar-refractivity contribution in [2.75, 3.05) is 18.1 Å². The van der Waals surface area contributed by atoms with Crippen LogP contribution in [0, 0.1) is 11.6 Å². The number of hydrogen-bond donors (Lipinski definition) is 3. The molecule has 1 aromatic carbocycles.